The van der Waals surface area contributed by atoms with Crippen LogP contribution in [0.4, 0.5) is 0 Å². The van der Waals surface area contributed by atoms with Gasteiger partial charge in [-0.05, 0) is 104 Å². The second-order valence-corrected chi connectivity index (χ2v) is 15.1. The van der Waals surface area contributed by atoms with Gasteiger partial charge in [-0.25, -0.2) is 4.79 Å². The quantitative estimate of drug-likeness (QED) is 0.0789. The van der Waals surface area contributed by atoms with Crippen molar-refractivity contribution in [3.63, 3.8) is 0 Å². The third kappa shape index (κ3) is 7.13. The standard InChI is InChI=1S/C36H58O5/c1-7-32(37)40-23-10-8-9-14-33(38)41-36(39)22-21-34(5)27(24-36)15-16-28-30-18-17-29(26(4)13-11-12-25(2)3)35(30,6)20-19-31(28)34/h7,15,25-26,28-31,39H,1,8-14,16-24H2,2-6H3/t26-,28+,29-,30+,31+,34+,35-,36-/m1/s1. The SMILES string of the molecule is C=CC(=O)OCCCCCC(=O)O[C@]1(O)CC[C@@]2(C)C(=CC[C@H]3[C@@H]4CC[C@H]([C@H](C)CCCC(C)C)[C@@]4(C)CC[C@@H]32)C1. The predicted molar refractivity (Wildman–Crippen MR) is 164 cm³/mol. The smallest absolute Gasteiger partial charge is 0.330 e. The number of esters is 2. The van der Waals surface area contributed by atoms with E-state index in [1.54, 1.807) is 0 Å². The number of carbonyl (C=O) groups excluding carboxylic acids is 2. The third-order valence-corrected chi connectivity index (χ3v) is 12.1. The number of unbranched alkanes of at least 4 members (excludes halogenated alkanes) is 2. The van der Waals surface area contributed by atoms with E-state index >= 15 is 0 Å². The number of rotatable bonds is 13. The first kappa shape index (κ1) is 32.3. The molecule has 3 saturated carbocycles. The van der Waals surface area contributed by atoms with Crippen LogP contribution in [0.15, 0.2) is 24.3 Å². The molecule has 0 unspecified atom stereocenters. The largest absolute Gasteiger partial charge is 0.463 e. The van der Waals surface area contributed by atoms with Gasteiger partial charge in [-0.3, -0.25) is 4.79 Å². The van der Waals surface area contributed by atoms with E-state index in [4.69, 9.17) is 9.47 Å². The van der Waals surface area contributed by atoms with Gasteiger partial charge in [0.25, 0.3) is 0 Å². The summed E-state index contributed by atoms with van der Waals surface area (Å²) >= 11 is 0. The van der Waals surface area contributed by atoms with Crippen LogP contribution in [0, 0.1) is 46.3 Å². The van der Waals surface area contributed by atoms with Crippen molar-refractivity contribution in [1.29, 1.82) is 0 Å². The Kier molecular flexibility index (Phi) is 10.5. The molecule has 4 aliphatic carbocycles. The molecular formula is C36H58O5. The number of hydrogen-bond acceptors (Lipinski definition) is 5. The average Bonchev–Trinajstić information content (AvgIpc) is 3.28. The molecule has 0 bridgehead atoms. The van der Waals surface area contributed by atoms with E-state index in [0.717, 1.165) is 54.9 Å². The summed E-state index contributed by atoms with van der Waals surface area (Å²) in [6, 6.07) is 0. The second-order valence-electron chi connectivity index (χ2n) is 15.1. The number of aliphatic hydroxyl groups is 1. The Morgan fingerprint density at radius 2 is 1.80 bits per heavy atom. The number of ether oxygens (including phenoxy) is 2. The highest BCUT2D eigenvalue weighted by Crippen LogP contribution is 2.67. The van der Waals surface area contributed by atoms with Crippen molar-refractivity contribution in [3.8, 4) is 0 Å². The maximum atomic E-state index is 12.6. The summed E-state index contributed by atoms with van der Waals surface area (Å²) in [6.07, 6.45) is 18.5. The molecule has 0 aromatic rings. The Balaban J connectivity index is 1.31. The van der Waals surface area contributed by atoms with Crippen LogP contribution >= 0.6 is 0 Å². The second kappa shape index (κ2) is 13.3. The van der Waals surface area contributed by atoms with E-state index in [2.05, 4.69) is 47.3 Å². The van der Waals surface area contributed by atoms with Gasteiger partial charge in [0.15, 0.2) is 0 Å². The fourth-order valence-electron chi connectivity index (χ4n) is 9.77. The molecular weight excluding hydrogens is 512 g/mol. The molecule has 0 aromatic heterocycles. The van der Waals surface area contributed by atoms with Crippen LogP contribution in [0.1, 0.15) is 131 Å². The van der Waals surface area contributed by atoms with E-state index in [1.807, 2.05) is 0 Å². The summed E-state index contributed by atoms with van der Waals surface area (Å²) in [7, 11) is 0. The first-order valence-electron chi connectivity index (χ1n) is 16.8. The van der Waals surface area contributed by atoms with Gasteiger partial charge in [0, 0.05) is 25.3 Å². The van der Waals surface area contributed by atoms with Gasteiger partial charge >= 0.3 is 11.9 Å². The van der Waals surface area contributed by atoms with E-state index in [-0.39, 0.29) is 17.8 Å². The molecule has 5 nitrogen and oxygen atoms in total. The van der Waals surface area contributed by atoms with E-state index in [0.29, 0.717) is 43.6 Å². The molecule has 0 saturated heterocycles. The molecule has 0 spiro atoms. The van der Waals surface area contributed by atoms with Crippen molar-refractivity contribution in [2.24, 2.45) is 46.3 Å². The van der Waals surface area contributed by atoms with Crippen molar-refractivity contribution in [3.05, 3.63) is 24.3 Å². The first-order valence-corrected chi connectivity index (χ1v) is 16.8. The minimum Gasteiger partial charge on any atom is -0.463 e. The summed E-state index contributed by atoms with van der Waals surface area (Å²) in [5, 5.41) is 11.4. The Bertz CT molecular complexity index is 969. The zero-order valence-electron chi connectivity index (χ0n) is 26.7. The summed E-state index contributed by atoms with van der Waals surface area (Å²) in [4.78, 5) is 23.7. The lowest BCUT2D eigenvalue weighted by Crippen LogP contribution is -2.53. The average molecular weight is 571 g/mol. The van der Waals surface area contributed by atoms with E-state index < -0.39 is 11.8 Å². The summed E-state index contributed by atoms with van der Waals surface area (Å²) in [5.41, 5.74) is 1.90. The third-order valence-electron chi connectivity index (χ3n) is 12.1. The van der Waals surface area contributed by atoms with Crippen LogP contribution in [-0.2, 0) is 19.1 Å². The highest BCUT2D eigenvalue weighted by molar-refractivity contribution is 5.81. The molecule has 0 radical (unpaired) electrons. The van der Waals surface area contributed by atoms with Crippen LogP contribution in [0.25, 0.3) is 0 Å². The number of carbonyl (C=O) groups is 2. The molecule has 8 atom stereocenters. The Morgan fingerprint density at radius 1 is 1.02 bits per heavy atom. The highest BCUT2D eigenvalue weighted by atomic mass is 16.7. The maximum absolute atomic E-state index is 12.6. The van der Waals surface area contributed by atoms with E-state index in [1.165, 1.54) is 50.5 Å². The molecule has 1 N–H and O–H groups in total. The Morgan fingerprint density at radius 3 is 2.54 bits per heavy atom. The van der Waals surface area contributed by atoms with Crippen molar-refractivity contribution in [2.45, 2.75) is 137 Å². The molecule has 0 aromatic carbocycles. The van der Waals surface area contributed by atoms with Crippen LogP contribution in [-0.4, -0.2) is 29.4 Å². The number of fused-ring (bicyclic) bond motifs is 5. The molecule has 5 heteroatoms. The van der Waals surface area contributed by atoms with Crippen LogP contribution in [0.2, 0.25) is 0 Å². The van der Waals surface area contributed by atoms with Gasteiger partial charge in [-0.2, -0.15) is 0 Å². The number of hydrogen-bond donors (Lipinski definition) is 1. The molecule has 0 aliphatic heterocycles. The van der Waals surface area contributed by atoms with Gasteiger partial charge in [0.2, 0.25) is 5.79 Å². The molecule has 4 aliphatic rings. The monoisotopic (exact) mass is 570 g/mol. The Labute approximate surface area is 249 Å². The fourth-order valence-corrected chi connectivity index (χ4v) is 9.77. The maximum Gasteiger partial charge on any atom is 0.330 e. The number of allylic oxidation sites excluding steroid dienone is 1. The molecule has 232 valence electrons. The summed E-state index contributed by atoms with van der Waals surface area (Å²) in [6.45, 7) is 16.0. The summed E-state index contributed by atoms with van der Waals surface area (Å²) in [5.74, 6) is 2.57. The van der Waals surface area contributed by atoms with Crippen LogP contribution in [0.5, 0.6) is 0 Å². The molecule has 4 rings (SSSR count). The van der Waals surface area contributed by atoms with Crippen molar-refractivity contribution < 1.29 is 24.2 Å². The lowest BCUT2D eigenvalue weighted by atomic mass is 9.46. The molecule has 3 fully saturated rings. The normalized spacial score (nSPS) is 36.9. The van der Waals surface area contributed by atoms with Gasteiger partial charge in [-0.1, -0.05) is 72.1 Å². The van der Waals surface area contributed by atoms with Crippen molar-refractivity contribution in [2.75, 3.05) is 6.61 Å². The van der Waals surface area contributed by atoms with Gasteiger partial charge < -0.3 is 14.6 Å². The van der Waals surface area contributed by atoms with Crippen LogP contribution in [0.3, 0.4) is 0 Å². The van der Waals surface area contributed by atoms with Gasteiger partial charge in [-0.15, -0.1) is 0 Å². The predicted octanol–water partition coefficient (Wildman–Crippen LogP) is 8.55. The van der Waals surface area contributed by atoms with Crippen molar-refractivity contribution >= 4 is 11.9 Å². The molecule has 0 amide bonds. The zero-order valence-corrected chi connectivity index (χ0v) is 26.7. The Hall–Kier alpha value is -1.62. The molecule has 41 heavy (non-hydrogen) atoms. The first-order chi connectivity index (χ1) is 19.4. The van der Waals surface area contributed by atoms with Crippen molar-refractivity contribution in [1.82, 2.24) is 0 Å². The van der Waals surface area contributed by atoms with Gasteiger partial charge in [0.1, 0.15) is 0 Å². The zero-order chi connectivity index (χ0) is 29.8. The summed E-state index contributed by atoms with van der Waals surface area (Å²) < 4.78 is 10.7. The lowest BCUT2D eigenvalue weighted by Gasteiger charge is -2.59. The highest BCUT2D eigenvalue weighted by Gasteiger charge is 2.60. The lowest BCUT2D eigenvalue weighted by molar-refractivity contribution is -0.223. The topological polar surface area (TPSA) is 72.8 Å². The van der Waals surface area contributed by atoms with Gasteiger partial charge in [0.05, 0.1) is 6.61 Å². The van der Waals surface area contributed by atoms with E-state index in [9.17, 15) is 14.7 Å². The van der Waals surface area contributed by atoms with Crippen LogP contribution < -0.4 is 0 Å². The minimum atomic E-state index is -1.39. The molecule has 0 heterocycles. The fraction of sp³-hybridized carbons (Fsp3) is 0.833. The minimum absolute atomic E-state index is 0.104.